The third-order valence-corrected chi connectivity index (χ3v) is 4.85. The number of carbonyl (C=O) groups is 1. The van der Waals surface area contributed by atoms with E-state index in [9.17, 15) is 4.79 Å². The summed E-state index contributed by atoms with van der Waals surface area (Å²) >= 11 is 5.85. The second kappa shape index (κ2) is 6.83. The molecule has 0 aromatic heterocycles. The summed E-state index contributed by atoms with van der Waals surface area (Å²) < 4.78 is 0. The molecule has 0 bridgehead atoms. The van der Waals surface area contributed by atoms with Crippen molar-refractivity contribution in [3.8, 4) is 0 Å². The minimum absolute atomic E-state index is 0.0307. The van der Waals surface area contributed by atoms with Crippen LogP contribution in [-0.4, -0.2) is 11.9 Å². The molecule has 3 heteroatoms. The van der Waals surface area contributed by atoms with E-state index in [1.165, 1.54) is 19.3 Å². The SMILES string of the molecule is CC(C)(C)C1CCCCC1NC(=O)c1cccc(CCl)c1. The van der Waals surface area contributed by atoms with E-state index in [1.54, 1.807) is 0 Å². The third kappa shape index (κ3) is 4.23. The Labute approximate surface area is 133 Å². The minimum atomic E-state index is 0.0307. The van der Waals surface area contributed by atoms with Crippen molar-refractivity contribution >= 4 is 17.5 Å². The molecule has 2 unspecified atom stereocenters. The Morgan fingerprint density at radius 1 is 1.29 bits per heavy atom. The van der Waals surface area contributed by atoms with Gasteiger partial charge in [-0.05, 0) is 41.9 Å². The van der Waals surface area contributed by atoms with Gasteiger partial charge in [0.15, 0.2) is 0 Å². The number of nitrogens with one attached hydrogen (secondary N) is 1. The van der Waals surface area contributed by atoms with E-state index in [-0.39, 0.29) is 17.4 Å². The Morgan fingerprint density at radius 3 is 2.67 bits per heavy atom. The van der Waals surface area contributed by atoms with E-state index in [2.05, 4.69) is 26.1 Å². The van der Waals surface area contributed by atoms with Crippen LogP contribution in [0.1, 0.15) is 62.4 Å². The standard InChI is InChI=1S/C18H26ClNO/c1-18(2,3)15-9-4-5-10-16(15)20-17(21)14-8-6-7-13(11-14)12-19/h6-8,11,15-16H,4-5,9-10,12H2,1-3H3,(H,20,21). The van der Waals surface area contributed by atoms with Gasteiger partial charge >= 0.3 is 0 Å². The van der Waals surface area contributed by atoms with Crippen molar-refractivity contribution in [1.82, 2.24) is 5.32 Å². The molecule has 1 amide bonds. The summed E-state index contributed by atoms with van der Waals surface area (Å²) in [4.78, 5) is 12.5. The summed E-state index contributed by atoms with van der Waals surface area (Å²) in [7, 11) is 0. The first-order valence-corrected chi connectivity index (χ1v) is 8.41. The molecule has 0 spiro atoms. The van der Waals surface area contributed by atoms with E-state index in [0.29, 0.717) is 17.4 Å². The van der Waals surface area contributed by atoms with E-state index >= 15 is 0 Å². The molecule has 1 fully saturated rings. The van der Waals surface area contributed by atoms with Crippen LogP contribution in [0.15, 0.2) is 24.3 Å². The fourth-order valence-electron chi connectivity index (χ4n) is 3.39. The Bertz CT molecular complexity index is 492. The van der Waals surface area contributed by atoms with Gasteiger partial charge in [-0.25, -0.2) is 0 Å². The van der Waals surface area contributed by atoms with Crippen molar-refractivity contribution in [2.24, 2.45) is 11.3 Å². The van der Waals surface area contributed by atoms with Gasteiger partial charge in [0.1, 0.15) is 0 Å². The van der Waals surface area contributed by atoms with Crippen LogP contribution in [0.3, 0.4) is 0 Å². The van der Waals surface area contributed by atoms with Crippen LogP contribution < -0.4 is 5.32 Å². The van der Waals surface area contributed by atoms with E-state index < -0.39 is 0 Å². The average Bonchev–Trinajstić information content (AvgIpc) is 2.46. The minimum Gasteiger partial charge on any atom is -0.349 e. The van der Waals surface area contributed by atoms with Crippen LogP contribution in [0, 0.1) is 11.3 Å². The maximum atomic E-state index is 12.5. The van der Waals surface area contributed by atoms with Crippen LogP contribution in [0.2, 0.25) is 0 Å². The van der Waals surface area contributed by atoms with Gasteiger partial charge in [0.05, 0.1) is 0 Å². The topological polar surface area (TPSA) is 29.1 Å². The van der Waals surface area contributed by atoms with Gasteiger partial charge in [-0.2, -0.15) is 0 Å². The summed E-state index contributed by atoms with van der Waals surface area (Å²) in [6, 6.07) is 7.88. The molecule has 0 saturated heterocycles. The van der Waals surface area contributed by atoms with E-state index in [1.807, 2.05) is 24.3 Å². The summed E-state index contributed by atoms with van der Waals surface area (Å²) in [5.74, 6) is 1.02. The maximum absolute atomic E-state index is 12.5. The summed E-state index contributed by atoms with van der Waals surface area (Å²) in [6.45, 7) is 6.82. The van der Waals surface area contributed by atoms with Gasteiger partial charge in [-0.3, -0.25) is 4.79 Å². The lowest BCUT2D eigenvalue weighted by Crippen LogP contribution is -2.46. The molecule has 0 heterocycles. The zero-order valence-electron chi connectivity index (χ0n) is 13.3. The summed E-state index contributed by atoms with van der Waals surface area (Å²) in [5, 5.41) is 3.26. The first kappa shape index (κ1) is 16.4. The van der Waals surface area contributed by atoms with Crippen LogP contribution in [0.5, 0.6) is 0 Å². The Morgan fingerprint density at radius 2 is 2.00 bits per heavy atom. The highest BCUT2D eigenvalue weighted by atomic mass is 35.5. The molecule has 21 heavy (non-hydrogen) atoms. The van der Waals surface area contributed by atoms with E-state index in [0.717, 1.165) is 12.0 Å². The quantitative estimate of drug-likeness (QED) is 0.801. The molecule has 2 atom stereocenters. The molecule has 1 aromatic rings. The lowest BCUT2D eigenvalue weighted by molar-refractivity contribution is 0.0830. The van der Waals surface area contributed by atoms with Crippen LogP contribution >= 0.6 is 11.6 Å². The van der Waals surface area contributed by atoms with Crippen LogP contribution in [0.25, 0.3) is 0 Å². The lowest BCUT2D eigenvalue weighted by Gasteiger charge is -2.40. The van der Waals surface area contributed by atoms with Gasteiger partial charge < -0.3 is 5.32 Å². The molecule has 0 aliphatic heterocycles. The van der Waals surface area contributed by atoms with Gasteiger partial charge in [-0.15, -0.1) is 11.6 Å². The normalized spacial score (nSPS) is 22.9. The van der Waals surface area contributed by atoms with Gasteiger partial charge in [-0.1, -0.05) is 45.7 Å². The largest absolute Gasteiger partial charge is 0.349 e. The highest BCUT2D eigenvalue weighted by Crippen LogP contribution is 2.38. The summed E-state index contributed by atoms with van der Waals surface area (Å²) in [5.41, 5.74) is 1.93. The number of carbonyl (C=O) groups excluding carboxylic acids is 1. The third-order valence-electron chi connectivity index (χ3n) is 4.54. The van der Waals surface area contributed by atoms with Crippen molar-refractivity contribution in [3.63, 3.8) is 0 Å². The molecule has 1 aliphatic rings. The van der Waals surface area contributed by atoms with Gasteiger partial charge in [0.2, 0.25) is 0 Å². The molecule has 1 aliphatic carbocycles. The smallest absolute Gasteiger partial charge is 0.251 e. The zero-order chi connectivity index (χ0) is 15.5. The lowest BCUT2D eigenvalue weighted by atomic mass is 9.69. The number of alkyl halides is 1. The molecule has 0 radical (unpaired) electrons. The predicted octanol–water partition coefficient (Wildman–Crippen LogP) is 4.76. The Kier molecular flexibility index (Phi) is 5.32. The monoisotopic (exact) mass is 307 g/mol. The molecule has 1 aromatic carbocycles. The van der Waals surface area contributed by atoms with Gasteiger partial charge in [0.25, 0.3) is 5.91 Å². The number of halogens is 1. The number of rotatable bonds is 3. The molecular formula is C18H26ClNO. The molecule has 116 valence electrons. The molecule has 2 nitrogen and oxygen atoms in total. The van der Waals surface area contributed by atoms with Crippen molar-refractivity contribution in [3.05, 3.63) is 35.4 Å². The molecule has 1 N–H and O–H groups in total. The second-order valence-electron chi connectivity index (χ2n) is 7.17. The number of amides is 1. The zero-order valence-corrected chi connectivity index (χ0v) is 14.0. The number of hydrogen-bond donors (Lipinski definition) is 1. The highest BCUT2D eigenvalue weighted by molar-refractivity contribution is 6.17. The van der Waals surface area contributed by atoms with Crippen LogP contribution in [0.4, 0.5) is 0 Å². The van der Waals surface area contributed by atoms with Gasteiger partial charge in [0, 0.05) is 17.5 Å². The fourth-order valence-corrected chi connectivity index (χ4v) is 3.55. The van der Waals surface area contributed by atoms with E-state index in [4.69, 9.17) is 11.6 Å². The second-order valence-corrected chi connectivity index (χ2v) is 7.44. The van der Waals surface area contributed by atoms with Crippen molar-refractivity contribution in [2.75, 3.05) is 0 Å². The summed E-state index contributed by atoms with van der Waals surface area (Å²) in [6.07, 6.45) is 4.77. The molecule has 1 saturated carbocycles. The maximum Gasteiger partial charge on any atom is 0.251 e. The first-order valence-electron chi connectivity index (χ1n) is 7.87. The predicted molar refractivity (Wildman–Crippen MR) is 88.7 cm³/mol. The Balaban J connectivity index is 2.09. The average molecular weight is 308 g/mol. The van der Waals surface area contributed by atoms with Crippen molar-refractivity contribution < 1.29 is 4.79 Å². The molecular weight excluding hydrogens is 282 g/mol. The van der Waals surface area contributed by atoms with Crippen molar-refractivity contribution in [1.29, 1.82) is 0 Å². The first-order chi connectivity index (χ1) is 9.91. The fraction of sp³-hybridized carbons (Fsp3) is 0.611. The van der Waals surface area contributed by atoms with Crippen LogP contribution in [-0.2, 0) is 5.88 Å². The molecule has 2 rings (SSSR count). The number of benzene rings is 1. The Hall–Kier alpha value is -1.02. The highest BCUT2D eigenvalue weighted by Gasteiger charge is 2.34. The number of hydrogen-bond acceptors (Lipinski definition) is 1. The van der Waals surface area contributed by atoms with Crippen molar-refractivity contribution in [2.45, 2.75) is 58.4 Å².